The zero-order chi connectivity index (χ0) is 20.1. The second-order valence-electron chi connectivity index (χ2n) is 6.69. The lowest BCUT2D eigenvalue weighted by Gasteiger charge is -2.33. The Kier molecular flexibility index (Phi) is 5.92. The van der Waals surface area contributed by atoms with Gasteiger partial charge in [0.1, 0.15) is 11.5 Å². The van der Waals surface area contributed by atoms with Crippen molar-refractivity contribution in [3.8, 4) is 17.1 Å². The Morgan fingerprint density at radius 3 is 2.72 bits per heavy atom. The first kappa shape index (κ1) is 19.2. The van der Waals surface area contributed by atoms with Gasteiger partial charge in [0.15, 0.2) is 11.5 Å². The molecule has 0 bridgehead atoms. The van der Waals surface area contributed by atoms with Crippen molar-refractivity contribution in [1.29, 1.82) is 0 Å². The number of aromatic nitrogens is 1. The van der Waals surface area contributed by atoms with Crippen LogP contribution in [0.4, 0.5) is 0 Å². The van der Waals surface area contributed by atoms with Gasteiger partial charge in [-0.1, -0.05) is 5.16 Å². The van der Waals surface area contributed by atoms with Crippen LogP contribution >= 0.6 is 0 Å². The predicted molar refractivity (Wildman–Crippen MR) is 105 cm³/mol. The van der Waals surface area contributed by atoms with Gasteiger partial charge in [-0.2, -0.15) is 0 Å². The van der Waals surface area contributed by atoms with Crippen molar-refractivity contribution >= 4 is 5.91 Å². The number of hydrogen-bond donors (Lipinski definition) is 1. The first-order valence-corrected chi connectivity index (χ1v) is 9.49. The largest absolute Gasteiger partial charge is 0.497 e. The third-order valence-corrected chi connectivity index (χ3v) is 4.93. The molecular weight excluding hydrogens is 374 g/mol. The topological polar surface area (TPSA) is 90.0 Å². The summed E-state index contributed by atoms with van der Waals surface area (Å²) < 4.78 is 21.5. The van der Waals surface area contributed by atoms with Crippen LogP contribution in [0.2, 0.25) is 0 Å². The smallest absolute Gasteiger partial charge is 0.273 e. The average Bonchev–Trinajstić information content (AvgIpc) is 3.47. The number of ether oxygens (including phenoxy) is 2. The highest BCUT2D eigenvalue weighted by molar-refractivity contribution is 5.93. The molecule has 8 nitrogen and oxygen atoms in total. The SMILES string of the molecule is COc1ccc(-c2cc(C(=O)NC[C@H](c3ccco3)N3CCOCC3)no2)cc1. The van der Waals surface area contributed by atoms with Gasteiger partial charge in [-0.05, 0) is 36.4 Å². The molecule has 3 aromatic rings. The van der Waals surface area contributed by atoms with E-state index in [-0.39, 0.29) is 17.6 Å². The maximum Gasteiger partial charge on any atom is 0.273 e. The normalized spacial score (nSPS) is 15.8. The Balaban J connectivity index is 1.42. The average molecular weight is 397 g/mol. The summed E-state index contributed by atoms with van der Waals surface area (Å²) in [5.74, 6) is 1.79. The van der Waals surface area contributed by atoms with Crippen molar-refractivity contribution in [2.45, 2.75) is 6.04 Å². The molecule has 8 heteroatoms. The monoisotopic (exact) mass is 397 g/mol. The van der Waals surface area contributed by atoms with Gasteiger partial charge in [0.05, 0.1) is 32.6 Å². The van der Waals surface area contributed by atoms with Crippen molar-refractivity contribution in [3.63, 3.8) is 0 Å². The molecule has 0 aliphatic carbocycles. The second kappa shape index (κ2) is 8.93. The lowest BCUT2D eigenvalue weighted by Crippen LogP contribution is -2.43. The number of morpholine rings is 1. The molecule has 1 aliphatic heterocycles. The van der Waals surface area contributed by atoms with E-state index in [0.717, 1.165) is 30.2 Å². The lowest BCUT2D eigenvalue weighted by atomic mass is 10.1. The zero-order valence-corrected chi connectivity index (χ0v) is 16.2. The van der Waals surface area contributed by atoms with Crippen molar-refractivity contribution in [2.75, 3.05) is 40.0 Å². The van der Waals surface area contributed by atoms with E-state index in [1.807, 2.05) is 36.4 Å². The summed E-state index contributed by atoms with van der Waals surface area (Å²) >= 11 is 0. The van der Waals surface area contributed by atoms with Crippen molar-refractivity contribution in [2.24, 2.45) is 0 Å². The zero-order valence-electron chi connectivity index (χ0n) is 16.2. The highest BCUT2D eigenvalue weighted by atomic mass is 16.5. The van der Waals surface area contributed by atoms with E-state index in [1.54, 1.807) is 19.4 Å². The third-order valence-electron chi connectivity index (χ3n) is 4.93. The van der Waals surface area contributed by atoms with Crippen LogP contribution < -0.4 is 10.1 Å². The fourth-order valence-corrected chi connectivity index (χ4v) is 3.33. The quantitative estimate of drug-likeness (QED) is 0.656. The second-order valence-corrected chi connectivity index (χ2v) is 6.69. The molecular formula is C21H23N3O5. The molecule has 1 aliphatic rings. The standard InChI is InChI=1S/C21H23N3O5/c1-26-16-6-4-15(5-7-16)20-13-17(23-29-20)21(25)22-14-18(19-3-2-10-28-19)24-8-11-27-12-9-24/h2-7,10,13,18H,8-9,11-12,14H2,1H3,(H,22,25)/t18-/m1/s1. The van der Waals surface area contributed by atoms with Gasteiger partial charge in [0.2, 0.25) is 0 Å². The molecule has 0 unspecified atom stereocenters. The number of methoxy groups -OCH3 is 1. The van der Waals surface area contributed by atoms with Gasteiger partial charge in [-0.15, -0.1) is 0 Å². The number of nitrogens with zero attached hydrogens (tertiary/aromatic N) is 2. The van der Waals surface area contributed by atoms with Crippen LogP contribution in [0.25, 0.3) is 11.3 Å². The number of hydrogen-bond acceptors (Lipinski definition) is 7. The molecule has 29 heavy (non-hydrogen) atoms. The number of furan rings is 1. The Morgan fingerprint density at radius 1 is 1.24 bits per heavy atom. The van der Waals surface area contributed by atoms with Crippen LogP contribution in [0, 0.1) is 0 Å². The molecule has 1 atom stereocenters. The molecule has 4 rings (SSSR count). The van der Waals surface area contributed by atoms with Crippen LogP contribution in [0.3, 0.4) is 0 Å². The summed E-state index contributed by atoms with van der Waals surface area (Å²) in [7, 11) is 1.61. The highest BCUT2D eigenvalue weighted by Gasteiger charge is 2.26. The van der Waals surface area contributed by atoms with E-state index < -0.39 is 0 Å². The summed E-state index contributed by atoms with van der Waals surface area (Å²) in [5.41, 5.74) is 1.05. The van der Waals surface area contributed by atoms with Gasteiger partial charge in [0, 0.05) is 31.3 Å². The van der Waals surface area contributed by atoms with Crippen molar-refractivity contribution < 1.29 is 23.2 Å². The summed E-state index contributed by atoms with van der Waals surface area (Å²) in [5, 5.41) is 6.86. The van der Waals surface area contributed by atoms with Gasteiger partial charge >= 0.3 is 0 Å². The number of benzene rings is 1. The van der Waals surface area contributed by atoms with Crippen LogP contribution in [0.5, 0.6) is 5.75 Å². The molecule has 2 aromatic heterocycles. The maximum absolute atomic E-state index is 12.6. The summed E-state index contributed by atoms with van der Waals surface area (Å²) in [4.78, 5) is 14.9. The fourth-order valence-electron chi connectivity index (χ4n) is 3.33. The van der Waals surface area contributed by atoms with Gasteiger partial charge in [-0.3, -0.25) is 9.69 Å². The van der Waals surface area contributed by atoms with E-state index in [2.05, 4.69) is 15.4 Å². The van der Waals surface area contributed by atoms with Crippen LogP contribution in [-0.4, -0.2) is 55.9 Å². The molecule has 0 spiro atoms. The Hall–Kier alpha value is -3.10. The molecule has 1 aromatic carbocycles. The minimum Gasteiger partial charge on any atom is -0.497 e. The Morgan fingerprint density at radius 2 is 2.03 bits per heavy atom. The first-order chi connectivity index (χ1) is 14.2. The van der Waals surface area contributed by atoms with Gasteiger partial charge in [0.25, 0.3) is 5.91 Å². The molecule has 1 N–H and O–H groups in total. The molecule has 1 saturated heterocycles. The van der Waals surface area contributed by atoms with E-state index in [4.69, 9.17) is 18.4 Å². The van der Waals surface area contributed by atoms with Crippen LogP contribution in [-0.2, 0) is 4.74 Å². The maximum atomic E-state index is 12.6. The number of carbonyl (C=O) groups excluding carboxylic acids is 1. The van der Waals surface area contributed by atoms with E-state index in [0.29, 0.717) is 25.5 Å². The summed E-state index contributed by atoms with van der Waals surface area (Å²) in [6.07, 6.45) is 1.64. The number of nitrogens with one attached hydrogen (secondary N) is 1. The number of rotatable bonds is 7. The molecule has 0 radical (unpaired) electrons. The van der Waals surface area contributed by atoms with E-state index in [9.17, 15) is 4.79 Å². The molecule has 152 valence electrons. The van der Waals surface area contributed by atoms with Crippen LogP contribution in [0.15, 0.2) is 57.7 Å². The van der Waals surface area contributed by atoms with Crippen molar-refractivity contribution in [1.82, 2.24) is 15.4 Å². The fraction of sp³-hybridized carbons (Fsp3) is 0.333. The molecule has 1 amide bonds. The number of carbonyl (C=O) groups is 1. The Bertz CT molecular complexity index is 914. The minimum absolute atomic E-state index is 0.0641. The molecule has 0 saturated carbocycles. The Labute approximate surface area is 168 Å². The summed E-state index contributed by atoms with van der Waals surface area (Å²) in [6.45, 7) is 3.30. The van der Waals surface area contributed by atoms with Crippen LogP contribution in [0.1, 0.15) is 22.3 Å². The lowest BCUT2D eigenvalue weighted by molar-refractivity contribution is 0.0118. The molecule has 3 heterocycles. The van der Waals surface area contributed by atoms with E-state index in [1.165, 1.54) is 0 Å². The van der Waals surface area contributed by atoms with Gasteiger partial charge < -0.3 is 23.7 Å². The predicted octanol–water partition coefficient (Wildman–Crippen LogP) is 2.75. The highest BCUT2D eigenvalue weighted by Crippen LogP contribution is 2.24. The van der Waals surface area contributed by atoms with E-state index >= 15 is 0 Å². The first-order valence-electron chi connectivity index (χ1n) is 9.49. The minimum atomic E-state index is -0.293. The number of amides is 1. The van der Waals surface area contributed by atoms with Gasteiger partial charge in [-0.25, -0.2) is 0 Å². The van der Waals surface area contributed by atoms with Crippen molar-refractivity contribution in [3.05, 3.63) is 60.2 Å². The third kappa shape index (κ3) is 4.49. The molecule has 1 fully saturated rings. The summed E-state index contributed by atoms with van der Waals surface area (Å²) in [6, 6.07) is 12.7.